The lowest BCUT2D eigenvalue weighted by molar-refractivity contribution is 0.0602. The fourth-order valence-corrected chi connectivity index (χ4v) is 3.02. The number of rotatable bonds is 5. The third kappa shape index (κ3) is 2.85. The molecule has 2 aromatic heterocycles. The Balaban J connectivity index is 1.94. The van der Waals surface area contributed by atoms with E-state index in [9.17, 15) is 4.79 Å². The van der Waals surface area contributed by atoms with Crippen molar-refractivity contribution in [2.24, 2.45) is 0 Å². The van der Waals surface area contributed by atoms with Gasteiger partial charge in [0.15, 0.2) is 5.82 Å². The van der Waals surface area contributed by atoms with Crippen molar-refractivity contribution in [3.05, 3.63) is 40.2 Å². The minimum absolute atomic E-state index is 0.374. The van der Waals surface area contributed by atoms with E-state index in [1.54, 1.807) is 23.6 Å². The van der Waals surface area contributed by atoms with E-state index < -0.39 is 5.97 Å². The quantitative estimate of drug-likeness (QED) is 0.860. The Morgan fingerprint density at radius 2 is 2.33 bits per heavy atom. The average Bonchev–Trinajstić information content (AvgIpc) is 3.21. The minimum atomic E-state index is -0.428. The fraction of sp³-hybridized carbons (Fsp3) is 0.333. The van der Waals surface area contributed by atoms with Crippen molar-refractivity contribution >= 4 is 28.8 Å². The zero-order valence-corrected chi connectivity index (χ0v) is 12.6. The number of carbonyl (C=O) groups excluding carboxylic acids is 1. The smallest absolute Gasteiger partial charge is 0.340 e. The number of hydrogen-bond donors (Lipinski definition) is 1. The molecule has 0 bridgehead atoms. The van der Waals surface area contributed by atoms with Crippen LogP contribution < -0.4 is 10.6 Å². The maximum atomic E-state index is 11.8. The highest BCUT2D eigenvalue weighted by Gasteiger charge is 2.32. The number of methoxy groups -OCH3 is 1. The van der Waals surface area contributed by atoms with Crippen molar-refractivity contribution in [2.75, 3.05) is 17.7 Å². The van der Waals surface area contributed by atoms with Crippen LogP contribution in [0.1, 0.15) is 28.1 Å². The van der Waals surface area contributed by atoms with Gasteiger partial charge in [-0.25, -0.2) is 9.78 Å². The molecule has 0 unspecified atom stereocenters. The summed E-state index contributed by atoms with van der Waals surface area (Å²) in [5.41, 5.74) is 6.92. The van der Waals surface area contributed by atoms with Gasteiger partial charge in [0.1, 0.15) is 0 Å². The summed E-state index contributed by atoms with van der Waals surface area (Å²) in [6.45, 7) is 0.768. The molecule has 6 heteroatoms. The molecule has 2 N–H and O–H groups in total. The molecule has 0 spiro atoms. The topological polar surface area (TPSA) is 68.5 Å². The van der Waals surface area contributed by atoms with Gasteiger partial charge in [0.25, 0.3) is 0 Å². The Morgan fingerprint density at radius 1 is 1.52 bits per heavy atom. The Kier molecular flexibility index (Phi) is 3.79. The Morgan fingerprint density at radius 3 is 2.95 bits per heavy atom. The maximum Gasteiger partial charge on any atom is 0.340 e. The molecular weight excluding hydrogens is 286 g/mol. The molecule has 1 aliphatic carbocycles. The molecule has 0 saturated heterocycles. The number of nitrogen functional groups attached to an aromatic ring is 1. The maximum absolute atomic E-state index is 11.8. The van der Waals surface area contributed by atoms with Crippen LogP contribution in [0.5, 0.6) is 0 Å². The van der Waals surface area contributed by atoms with Gasteiger partial charge in [-0.1, -0.05) is 6.07 Å². The predicted molar refractivity (Wildman–Crippen MR) is 83.5 cm³/mol. The van der Waals surface area contributed by atoms with Crippen molar-refractivity contribution in [1.29, 1.82) is 0 Å². The molecule has 2 aromatic rings. The largest absolute Gasteiger partial charge is 0.465 e. The molecule has 1 saturated carbocycles. The van der Waals surface area contributed by atoms with Gasteiger partial charge in [-0.3, -0.25) is 0 Å². The third-order valence-corrected chi connectivity index (χ3v) is 4.40. The number of pyridine rings is 1. The van der Waals surface area contributed by atoms with E-state index >= 15 is 0 Å². The van der Waals surface area contributed by atoms with Gasteiger partial charge in [0, 0.05) is 17.1 Å². The summed E-state index contributed by atoms with van der Waals surface area (Å²) in [7, 11) is 1.35. The molecule has 0 amide bonds. The van der Waals surface area contributed by atoms with Crippen LogP contribution in [-0.2, 0) is 11.3 Å². The molecule has 1 fully saturated rings. The van der Waals surface area contributed by atoms with Crippen LogP contribution in [0.25, 0.3) is 0 Å². The first-order chi connectivity index (χ1) is 10.2. The molecule has 5 nitrogen and oxygen atoms in total. The van der Waals surface area contributed by atoms with Crippen LogP contribution in [0.3, 0.4) is 0 Å². The summed E-state index contributed by atoms with van der Waals surface area (Å²) >= 11 is 1.71. The van der Waals surface area contributed by atoms with Crippen molar-refractivity contribution in [3.63, 3.8) is 0 Å². The molecule has 0 atom stereocenters. The summed E-state index contributed by atoms with van der Waals surface area (Å²) in [5, 5.41) is 2.06. The molecule has 0 radical (unpaired) electrons. The number of ether oxygens (including phenoxy) is 1. The highest BCUT2D eigenvalue weighted by molar-refractivity contribution is 7.09. The SMILES string of the molecule is COC(=O)c1ccnc(N(Cc2cccs2)C2CC2)c1N. The zero-order valence-electron chi connectivity index (χ0n) is 11.8. The van der Waals surface area contributed by atoms with Gasteiger partial charge in [0.2, 0.25) is 0 Å². The fourth-order valence-electron chi connectivity index (χ4n) is 2.31. The van der Waals surface area contributed by atoms with Gasteiger partial charge in [0.05, 0.1) is 24.9 Å². The Labute approximate surface area is 127 Å². The Bertz CT molecular complexity index is 638. The summed E-state index contributed by atoms with van der Waals surface area (Å²) < 4.78 is 4.77. The number of carbonyl (C=O) groups is 1. The second-order valence-corrected chi connectivity index (χ2v) is 6.06. The monoisotopic (exact) mass is 303 g/mol. The second kappa shape index (κ2) is 5.73. The number of aromatic nitrogens is 1. The zero-order chi connectivity index (χ0) is 14.8. The van der Waals surface area contributed by atoms with Crippen molar-refractivity contribution in [2.45, 2.75) is 25.4 Å². The lowest BCUT2D eigenvalue weighted by Crippen LogP contribution is -2.27. The van der Waals surface area contributed by atoms with Gasteiger partial charge >= 0.3 is 5.97 Å². The molecule has 3 rings (SSSR count). The predicted octanol–water partition coefficient (Wildman–Crippen LogP) is 2.68. The van der Waals surface area contributed by atoms with E-state index in [-0.39, 0.29) is 0 Å². The standard InChI is InChI=1S/C15H17N3O2S/c1-20-15(19)12-6-7-17-14(13(12)16)18(10-4-5-10)9-11-3-2-8-21-11/h2-3,6-8,10H,4-5,9,16H2,1H3. The molecule has 2 heterocycles. The van der Waals surface area contributed by atoms with Crippen molar-refractivity contribution in [1.82, 2.24) is 4.98 Å². The first-order valence-electron chi connectivity index (χ1n) is 6.82. The van der Waals surface area contributed by atoms with Crippen LogP contribution in [-0.4, -0.2) is 24.1 Å². The van der Waals surface area contributed by atoms with E-state index in [0.29, 0.717) is 23.1 Å². The molecule has 1 aliphatic rings. The first-order valence-corrected chi connectivity index (χ1v) is 7.70. The van der Waals surface area contributed by atoms with Gasteiger partial charge < -0.3 is 15.4 Å². The van der Waals surface area contributed by atoms with Crippen LogP contribution in [0, 0.1) is 0 Å². The van der Waals surface area contributed by atoms with Gasteiger partial charge in [-0.2, -0.15) is 0 Å². The van der Waals surface area contributed by atoms with E-state index in [2.05, 4.69) is 21.3 Å². The summed E-state index contributed by atoms with van der Waals surface area (Å²) in [4.78, 5) is 19.6. The third-order valence-electron chi connectivity index (χ3n) is 3.54. The minimum Gasteiger partial charge on any atom is -0.465 e. The van der Waals surface area contributed by atoms with Crippen LogP contribution >= 0.6 is 11.3 Å². The number of esters is 1. The van der Waals surface area contributed by atoms with E-state index in [1.807, 2.05) is 6.07 Å². The Hall–Kier alpha value is -2.08. The number of nitrogens with two attached hydrogens (primary N) is 1. The normalized spacial score (nSPS) is 14.0. The second-order valence-electron chi connectivity index (χ2n) is 5.03. The van der Waals surface area contributed by atoms with Gasteiger partial charge in [-0.05, 0) is 30.4 Å². The molecule has 0 aliphatic heterocycles. The van der Waals surface area contributed by atoms with Crippen molar-refractivity contribution in [3.8, 4) is 0 Å². The molecule has 21 heavy (non-hydrogen) atoms. The molecule has 0 aromatic carbocycles. The van der Waals surface area contributed by atoms with Crippen LogP contribution in [0.4, 0.5) is 11.5 Å². The summed E-state index contributed by atoms with van der Waals surface area (Å²) in [5.74, 6) is 0.247. The highest BCUT2D eigenvalue weighted by Crippen LogP contribution is 2.36. The van der Waals surface area contributed by atoms with E-state index in [1.165, 1.54) is 12.0 Å². The highest BCUT2D eigenvalue weighted by atomic mass is 32.1. The average molecular weight is 303 g/mol. The number of anilines is 2. The first kappa shape index (κ1) is 13.9. The number of nitrogens with zero attached hydrogens (tertiary/aromatic N) is 2. The molecule has 110 valence electrons. The summed E-state index contributed by atoms with van der Waals surface area (Å²) in [6.07, 6.45) is 3.88. The van der Waals surface area contributed by atoms with Crippen molar-refractivity contribution < 1.29 is 9.53 Å². The number of hydrogen-bond acceptors (Lipinski definition) is 6. The lowest BCUT2D eigenvalue weighted by atomic mass is 10.2. The van der Waals surface area contributed by atoms with E-state index in [0.717, 1.165) is 19.4 Å². The van der Waals surface area contributed by atoms with E-state index in [4.69, 9.17) is 10.5 Å². The lowest BCUT2D eigenvalue weighted by Gasteiger charge is -2.24. The number of thiophene rings is 1. The molecular formula is C15H17N3O2S. The van der Waals surface area contributed by atoms with Gasteiger partial charge in [-0.15, -0.1) is 11.3 Å². The van der Waals surface area contributed by atoms with Crippen LogP contribution in [0.15, 0.2) is 29.8 Å². The van der Waals surface area contributed by atoms with Crippen LogP contribution in [0.2, 0.25) is 0 Å². The summed E-state index contributed by atoms with van der Waals surface area (Å²) in [6, 6.07) is 6.18.